The zero-order valence-corrected chi connectivity index (χ0v) is 12.6. The fourth-order valence-corrected chi connectivity index (χ4v) is 4.33. The third kappa shape index (κ3) is 2.89. The molecule has 0 saturated carbocycles. The Hall–Kier alpha value is -1.31. The molecule has 0 bridgehead atoms. The summed E-state index contributed by atoms with van der Waals surface area (Å²) in [4.78, 5) is 26.4. The van der Waals surface area contributed by atoms with E-state index in [2.05, 4.69) is 0 Å². The van der Waals surface area contributed by atoms with E-state index in [1.165, 1.54) is 11.3 Å². The maximum absolute atomic E-state index is 11.4. The third-order valence-electron chi connectivity index (χ3n) is 3.16. The van der Waals surface area contributed by atoms with Gasteiger partial charge in [0, 0.05) is 15.8 Å². The van der Waals surface area contributed by atoms with Crippen LogP contribution in [0.5, 0.6) is 0 Å². The number of likely N-dealkylation sites (N-methyl/N-ethyl adjacent to an activating group) is 1. The van der Waals surface area contributed by atoms with Crippen LogP contribution in [0.1, 0.15) is 4.88 Å². The van der Waals surface area contributed by atoms with Crippen molar-refractivity contribution in [3.8, 4) is 0 Å². The standard InChI is InChI=1S/C13H15NO4S2/c1-14(2)7-6-9(8-4-3-5-19-8)20-11(13(17)18)10(7)12(15)16/h3-7,10-11H,1-2H3,(H,15,16)(H,17,18)/t7-,10-,11-/m1/s1. The SMILES string of the molecule is CN(C)[C@@H]1C=C(c2cccs2)S[C@@H](C(=O)O)[C@@H]1C(=O)O. The van der Waals surface area contributed by atoms with Crippen LogP contribution >= 0.6 is 23.1 Å². The fourth-order valence-electron chi connectivity index (χ4n) is 2.20. The van der Waals surface area contributed by atoms with E-state index in [1.54, 1.807) is 19.0 Å². The number of aliphatic carboxylic acids is 2. The second kappa shape index (κ2) is 5.99. The lowest BCUT2D eigenvalue weighted by Crippen LogP contribution is -2.48. The lowest BCUT2D eigenvalue weighted by Gasteiger charge is -2.35. The molecule has 0 spiro atoms. The van der Waals surface area contributed by atoms with Crippen LogP contribution in [-0.2, 0) is 9.59 Å². The smallest absolute Gasteiger partial charge is 0.317 e. The van der Waals surface area contributed by atoms with Gasteiger partial charge in [0.1, 0.15) is 5.25 Å². The van der Waals surface area contributed by atoms with Crippen LogP contribution < -0.4 is 0 Å². The van der Waals surface area contributed by atoms with Gasteiger partial charge in [-0.15, -0.1) is 23.1 Å². The van der Waals surface area contributed by atoms with Crippen molar-refractivity contribution in [3.05, 3.63) is 28.5 Å². The van der Waals surface area contributed by atoms with Crippen molar-refractivity contribution in [3.63, 3.8) is 0 Å². The molecule has 20 heavy (non-hydrogen) atoms. The molecule has 3 atom stereocenters. The van der Waals surface area contributed by atoms with Crippen molar-refractivity contribution < 1.29 is 19.8 Å². The highest BCUT2D eigenvalue weighted by Gasteiger charge is 2.44. The Morgan fingerprint density at radius 1 is 1.25 bits per heavy atom. The predicted molar refractivity (Wildman–Crippen MR) is 79.9 cm³/mol. The first-order valence-corrected chi connectivity index (χ1v) is 7.72. The number of thiophene rings is 1. The molecule has 1 aromatic heterocycles. The van der Waals surface area contributed by atoms with Crippen LogP contribution in [0.2, 0.25) is 0 Å². The first kappa shape index (κ1) is 15.1. The molecule has 1 aliphatic rings. The predicted octanol–water partition coefficient (Wildman–Crippen LogP) is 1.92. The molecule has 7 heteroatoms. The van der Waals surface area contributed by atoms with Gasteiger partial charge in [-0.25, -0.2) is 0 Å². The lowest BCUT2D eigenvalue weighted by atomic mass is 9.93. The van der Waals surface area contributed by atoms with Gasteiger partial charge < -0.3 is 15.1 Å². The highest BCUT2D eigenvalue weighted by molar-refractivity contribution is 8.09. The maximum atomic E-state index is 11.4. The van der Waals surface area contributed by atoms with E-state index >= 15 is 0 Å². The summed E-state index contributed by atoms with van der Waals surface area (Å²) in [5.41, 5.74) is 0. The first-order chi connectivity index (χ1) is 9.41. The van der Waals surface area contributed by atoms with Crippen LogP contribution in [-0.4, -0.2) is 52.4 Å². The Bertz CT molecular complexity index is 539. The van der Waals surface area contributed by atoms with Crippen LogP contribution in [0, 0.1) is 5.92 Å². The summed E-state index contributed by atoms with van der Waals surface area (Å²) >= 11 is 2.64. The monoisotopic (exact) mass is 313 g/mol. The van der Waals surface area contributed by atoms with E-state index in [0.29, 0.717) is 0 Å². The van der Waals surface area contributed by atoms with Gasteiger partial charge in [-0.1, -0.05) is 12.1 Å². The number of thioether (sulfide) groups is 1. The zero-order valence-electron chi connectivity index (χ0n) is 11.0. The van der Waals surface area contributed by atoms with Crippen LogP contribution in [0.25, 0.3) is 4.91 Å². The first-order valence-electron chi connectivity index (χ1n) is 5.96. The van der Waals surface area contributed by atoms with Gasteiger partial charge in [0.15, 0.2) is 0 Å². The van der Waals surface area contributed by atoms with Crippen molar-refractivity contribution in [1.29, 1.82) is 0 Å². The molecule has 0 aromatic carbocycles. The quantitative estimate of drug-likeness (QED) is 0.884. The highest BCUT2D eigenvalue weighted by Crippen LogP contribution is 2.43. The number of nitrogens with zero attached hydrogens (tertiary/aromatic N) is 1. The molecule has 1 aromatic rings. The summed E-state index contributed by atoms with van der Waals surface area (Å²) < 4.78 is 0. The second-order valence-corrected chi connectivity index (χ2v) is 6.83. The average molecular weight is 313 g/mol. The number of rotatable bonds is 4. The summed E-state index contributed by atoms with van der Waals surface area (Å²) in [7, 11) is 3.52. The number of hydrogen-bond donors (Lipinski definition) is 2. The van der Waals surface area contributed by atoms with Gasteiger partial charge in [0.25, 0.3) is 0 Å². The molecule has 0 saturated heterocycles. The van der Waals surface area contributed by atoms with Crippen molar-refractivity contribution in [2.24, 2.45) is 5.92 Å². The molecule has 2 heterocycles. The summed E-state index contributed by atoms with van der Waals surface area (Å²) in [5.74, 6) is -3.13. The van der Waals surface area contributed by atoms with Crippen LogP contribution in [0.4, 0.5) is 0 Å². The highest BCUT2D eigenvalue weighted by atomic mass is 32.2. The molecule has 0 unspecified atom stereocenters. The third-order valence-corrected chi connectivity index (χ3v) is 5.55. The molecule has 0 amide bonds. The zero-order chi connectivity index (χ0) is 14.9. The largest absolute Gasteiger partial charge is 0.481 e. The molecular formula is C13H15NO4S2. The summed E-state index contributed by atoms with van der Waals surface area (Å²) in [6, 6.07) is 3.37. The maximum Gasteiger partial charge on any atom is 0.317 e. The van der Waals surface area contributed by atoms with Crippen molar-refractivity contribution >= 4 is 39.9 Å². The molecular weight excluding hydrogens is 298 g/mol. The number of carbonyl (C=O) groups is 2. The van der Waals surface area contributed by atoms with Crippen molar-refractivity contribution in [2.45, 2.75) is 11.3 Å². The van der Waals surface area contributed by atoms with Gasteiger partial charge in [-0.2, -0.15) is 0 Å². The normalized spacial score (nSPS) is 26.4. The molecule has 108 valence electrons. The lowest BCUT2D eigenvalue weighted by molar-refractivity contribution is -0.149. The van der Waals surface area contributed by atoms with E-state index in [0.717, 1.165) is 21.5 Å². The van der Waals surface area contributed by atoms with Crippen molar-refractivity contribution in [1.82, 2.24) is 4.90 Å². The summed E-state index contributed by atoms with van der Waals surface area (Å²) in [5, 5.41) is 19.6. The van der Waals surface area contributed by atoms with Gasteiger partial charge in [-0.3, -0.25) is 9.59 Å². The number of carboxylic acids is 2. The van der Waals surface area contributed by atoms with E-state index in [1.807, 2.05) is 23.6 Å². The van der Waals surface area contributed by atoms with E-state index in [9.17, 15) is 19.8 Å². The Morgan fingerprint density at radius 2 is 1.95 bits per heavy atom. The van der Waals surface area contributed by atoms with Gasteiger partial charge in [0.2, 0.25) is 0 Å². The fraction of sp³-hybridized carbons (Fsp3) is 0.385. The second-order valence-electron chi connectivity index (χ2n) is 4.70. The average Bonchev–Trinajstić information content (AvgIpc) is 2.90. The van der Waals surface area contributed by atoms with Crippen molar-refractivity contribution in [2.75, 3.05) is 14.1 Å². The molecule has 0 aliphatic carbocycles. The Kier molecular flexibility index (Phi) is 4.52. The van der Waals surface area contributed by atoms with Gasteiger partial charge in [0.05, 0.1) is 5.92 Å². The molecule has 2 N–H and O–H groups in total. The molecule has 1 aliphatic heterocycles. The molecule has 5 nitrogen and oxygen atoms in total. The minimum Gasteiger partial charge on any atom is -0.481 e. The number of hydrogen-bond acceptors (Lipinski definition) is 5. The van der Waals surface area contributed by atoms with Crippen LogP contribution in [0.3, 0.4) is 0 Å². The summed E-state index contributed by atoms with van der Waals surface area (Å²) in [6.45, 7) is 0. The molecule has 0 radical (unpaired) electrons. The Labute approximate surface area is 124 Å². The molecule has 2 rings (SSSR count). The van der Waals surface area contributed by atoms with Gasteiger partial charge >= 0.3 is 11.9 Å². The van der Waals surface area contributed by atoms with E-state index < -0.39 is 29.1 Å². The molecule has 0 fully saturated rings. The van der Waals surface area contributed by atoms with Crippen LogP contribution in [0.15, 0.2) is 23.6 Å². The van der Waals surface area contributed by atoms with E-state index in [-0.39, 0.29) is 0 Å². The topological polar surface area (TPSA) is 77.8 Å². The Morgan fingerprint density at radius 3 is 2.40 bits per heavy atom. The Balaban J connectivity index is 2.45. The number of carboxylic acid groups (broad SMARTS) is 2. The summed E-state index contributed by atoms with van der Waals surface area (Å²) in [6.07, 6.45) is 1.86. The van der Waals surface area contributed by atoms with Gasteiger partial charge in [-0.05, 0) is 25.5 Å². The minimum atomic E-state index is -1.09. The van der Waals surface area contributed by atoms with E-state index in [4.69, 9.17) is 0 Å². The minimum absolute atomic E-state index is 0.438.